The molecule has 0 spiro atoms. The van der Waals surface area contributed by atoms with Crippen LogP contribution in [-0.2, 0) is 11.3 Å². The van der Waals surface area contributed by atoms with Crippen molar-refractivity contribution in [3.8, 4) is 0 Å². The maximum Gasteiger partial charge on any atom is 0.412 e. The third kappa shape index (κ3) is 3.05. The minimum absolute atomic E-state index is 0.0312. The molecular formula is C17H14F2N2O3. The molecule has 0 unspecified atom stereocenters. The summed E-state index contributed by atoms with van der Waals surface area (Å²) >= 11 is 0. The number of Topliss-reactive ketones (excluding diaryl/α,β-unsaturated/α-hetero) is 1. The average molecular weight is 332 g/mol. The first-order valence-corrected chi connectivity index (χ1v) is 7.26. The highest BCUT2D eigenvalue weighted by atomic mass is 19.1. The van der Waals surface area contributed by atoms with E-state index < -0.39 is 17.7 Å². The lowest BCUT2D eigenvalue weighted by Gasteiger charge is -2.32. The summed E-state index contributed by atoms with van der Waals surface area (Å²) < 4.78 is 28.5. The number of benzene rings is 2. The van der Waals surface area contributed by atoms with Gasteiger partial charge >= 0.3 is 6.09 Å². The van der Waals surface area contributed by atoms with Crippen molar-refractivity contribution in [2.45, 2.75) is 6.54 Å². The zero-order chi connectivity index (χ0) is 17.3. The van der Waals surface area contributed by atoms with Crippen molar-refractivity contribution >= 4 is 23.3 Å². The summed E-state index contributed by atoms with van der Waals surface area (Å²) in [5.74, 6) is -1.89. The Morgan fingerprint density at radius 2 is 1.71 bits per heavy atom. The molecule has 0 radical (unpaired) electrons. The van der Waals surface area contributed by atoms with Gasteiger partial charge in [-0.15, -0.1) is 0 Å². The second-order valence-corrected chi connectivity index (χ2v) is 5.51. The van der Waals surface area contributed by atoms with Crippen LogP contribution < -0.4 is 9.80 Å². The van der Waals surface area contributed by atoms with E-state index in [0.29, 0.717) is 5.56 Å². The summed E-state index contributed by atoms with van der Waals surface area (Å²) in [5, 5.41) is 9.37. The van der Waals surface area contributed by atoms with Crippen molar-refractivity contribution in [1.82, 2.24) is 0 Å². The van der Waals surface area contributed by atoms with Gasteiger partial charge in [0, 0.05) is 12.1 Å². The molecule has 1 aliphatic heterocycles. The number of carbonyl (C=O) groups is 2. The Hall–Kier alpha value is -2.96. The Bertz CT molecular complexity index is 765. The van der Waals surface area contributed by atoms with Gasteiger partial charge < -0.3 is 10.0 Å². The second-order valence-electron chi connectivity index (χ2n) is 5.51. The number of hydrogen-bond donors (Lipinski definition) is 1. The molecule has 1 saturated heterocycles. The van der Waals surface area contributed by atoms with Crippen LogP contribution in [0.1, 0.15) is 5.56 Å². The van der Waals surface area contributed by atoms with E-state index in [1.165, 1.54) is 4.90 Å². The topological polar surface area (TPSA) is 60.9 Å². The number of halogens is 2. The fourth-order valence-corrected chi connectivity index (χ4v) is 2.58. The molecule has 0 atom stereocenters. The lowest BCUT2D eigenvalue weighted by atomic mass is 10.1. The average Bonchev–Trinajstić information content (AvgIpc) is 2.51. The van der Waals surface area contributed by atoms with Gasteiger partial charge in [0.1, 0.15) is 5.69 Å². The van der Waals surface area contributed by atoms with Crippen LogP contribution >= 0.6 is 0 Å². The van der Waals surface area contributed by atoms with E-state index in [4.69, 9.17) is 0 Å². The van der Waals surface area contributed by atoms with Crippen LogP contribution in [0.5, 0.6) is 0 Å². The van der Waals surface area contributed by atoms with Gasteiger partial charge in [0.05, 0.1) is 25.3 Å². The number of carbonyl (C=O) groups excluding carboxylic acids is 1. The number of amides is 1. The maximum absolute atomic E-state index is 14.3. The lowest BCUT2D eigenvalue weighted by Crippen LogP contribution is -2.48. The molecule has 7 heteroatoms. The quantitative estimate of drug-likeness (QED) is 0.935. The van der Waals surface area contributed by atoms with Crippen LogP contribution in [-0.4, -0.2) is 30.1 Å². The first-order chi connectivity index (χ1) is 11.5. The van der Waals surface area contributed by atoms with Crippen molar-refractivity contribution in [3.63, 3.8) is 0 Å². The summed E-state index contributed by atoms with van der Waals surface area (Å²) in [5.41, 5.74) is 0.290. The van der Waals surface area contributed by atoms with Crippen molar-refractivity contribution in [2.75, 3.05) is 22.9 Å². The third-order valence-electron chi connectivity index (χ3n) is 3.78. The predicted molar refractivity (Wildman–Crippen MR) is 84.2 cm³/mol. The van der Waals surface area contributed by atoms with Crippen molar-refractivity contribution in [2.24, 2.45) is 0 Å². The molecule has 24 heavy (non-hydrogen) atoms. The molecule has 2 aromatic rings. The first-order valence-electron chi connectivity index (χ1n) is 7.26. The lowest BCUT2D eigenvalue weighted by molar-refractivity contribution is -0.119. The van der Waals surface area contributed by atoms with Gasteiger partial charge in [0.15, 0.2) is 17.4 Å². The molecule has 0 aromatic heterocycles. The van der Waals surface area contributed by atoms with Crippen molar-refractivity contribution in [3.05, 3.63) is 59.7 Å². The molecule has 0 aliphatic carbocycles. The largest absolute Gasteiger partial charge is 0.465 e. The molecule has 5 nitrogen and oxygen atoms in total. The fourth-order valence-electron chi connectivity index (χ4n) is 2.58. The SMILES string of the molecule is O=C1CN(c2c(F)cc(N(Cc3ccccc3)C(=O)O)cc2F)C1. The van der Waals surface area contributed by atoms with Gasteiger partial charge in [-0.05, 0) is 5.56 Å². The van der Waals surface area contributed by atoms with Gasteiger partial charge in [-0.3, -0.25) is 9.69 Å². The third-order valence-corrected chi connectivity index (χ3v) is 3.78. The van der Waals surface area contributed by atoms with Gasteiger partial charge in [0.2, 0.25) is 0 Å². The molecule has 1 N–H and O–H groups in total. The number of rotatable bonds is 4. The van der Waals surface area contributed by atoms with E-state index in [1.807, 2.05) is 0 Å². The van der Waals surface area contributed by atoms with Crippen LogP contribution in [0, 0.1) is 11.6 Å². The Kier molecular flexibility index (Phi) is 4.16. The standard InChI is InChI=1S/C17H14F2N2O3/c18-14-6-12(7-15(19)16(14)20-9-13(22)10-20)21(17(23)24)8-11-4-2-1-3-5-11/h1-7H,8-10H2,(H,23,24). The minimum atomic E-state index is -1.32. The Morgan fingerprint density at radius 1 is 1.12 bits per heavy atom. The Balaban J connectivity index is 1.91. The summed E-state index contributed by atoms with van der Waals surface area (Å²) in [6.07, 6.45) is -1.32. The molecular weight excluding hydrogens is 318 g/mol. The van der Waals surface area contributed by atoms with Crippen molar-refractivity contribution in [1.29, 1.82) is 0 Å². The molecule has 2 aromatic carbocycles. The van der Waals surface area contributed by atoms with Crippen LogP contribution in [0.3, 0.4) is 0 Å². The summed E-state index contributed by atoms with van der Waals surface area (Å²) in [7, 11) is 0. The monoisotopic (exact) mass is 332 g/mol. The number of anilines is 2. The van der Waals surface area contributed by atoms with Crippen LogP contribution in [0.4, 0.5) is 25.0 Å². The molecule has 0 bridgehead atoms. The summed E-state index contributed by atoms with van der Waals surface area (Å²) in [6, 6.07) is 10.7. The van der Waals surface area contributed by atoms with E-state index in [-0.39, 0.29) is 36.8 Å². The van der Waals surface area contributed by atoms with Gasteiger partial charge in [0.25, 0.3) is 0 Å². The van der Waals surface area contributed by atoms with Crippen LogP contribution in [0.25, 0.3) is 0 Å². The summed E-state index contributed by atoms with van der Waals surface area (Å²) in [4.78, 5) is 24.6. The highest BCUT2D eigenvalue weighted by Gasteiger charge is 2.30. The minimum Gasteiger partial charge on any atom is -0.465 e. The van der Waals surface area contributed by atoms with Gasteiger partial charge in [-0.25, -0.2) is 13.6 Å². The zero-order valence-corrected chi connectivity index (χ0v) is 12.6. The Labute approximate surface area is 136 Å². The first kappa shape index (κ1) is 15.9. The fraction of sp³-hybridized carbons (Fsp3) is 0.176. The van der Waals surface area contributed by atoms with Crippen LogP contribution in [0.2, 0.25) is 0 Å². The molecule has 1 heterocycles. The van der Waals surface area contributed by atoms with Crippen LogP contribution in [0.15, 0.2) is 42.5 Å². The highest BCUT2D eigenvalue weighted by molar-refractivity contribution is 5.95. The smallest absolute Gasteiger partial charge is 0.412 e. The van der Waals surface area contributed by atoms with E-state index in [1.54, 1.807) is 30.3 Å². The molecule has 1 fully saturated rings. The number of ketones is 1. The van der Waals surface area contributed by atoms with E-state index in [2.05, 4.69) is 0 Å². The van der Waals surface area contributed by atoms with E-state index >= 15 is 0 Å². The molecule has 1 aliphatic rings. The molecule has 124 valence electrons. The molecule has 3 rings (SSSR count). The van der Waals surface area contributed by atoms with Gasteiger partial charge in [-0.1, -0.05) is 30.3 Å². The molecule has 1 amide bonds. The second kappa shape index (κ2) is 6.27. The van der Waals surface area contributed by atoms with Crippen molar-refractivity contribution < 1.29 is 23.5 Å². The predicted octanol–water partition coefficient (Wildman–Crippen LogP) is 3.04. The zero-order valence-electron chi connectivity index (χ0n) is 12.6. The number of hydrogen-bond acceptors (Lipinski definition) is 3. The maximum atomic E-state index is 14.3. The normalized spacial score (nSPS) is 13.6. The number of carboxylic acid groups (broad SMARTS) is 1. The molecule has 0 saturated carbocycles. The van der Waals surface area contributed by atoms with Gasteiger partial charge in [-0.2, -0.15) is 0 Å². The van der Waals surface area contributed by atoms with E-state index in [9.17, 15) is 23.5 Å². The Morgan fingerprint density at radius 3 is 2.21 bits per heavy atom. The highest BCUT2D eigenvalue weighted by Crippen LogP contribution is 2.31. The summed E-state index contributed by atoms with van der Waals surface area (Å²) in [6.45, 7) is -0.115. The van der Waals surface area contributed by atoms with E-state index in [0.717, 1.165) is 17.0 Å². The number of nitrogens with zero attached hydrogens (tertiary/aromatic N) is 2.